The van der Waals surface area contributed by atoms with E-state index >= 15 is 0 Å². The number of hydrogen-bond donors (Lipinski definition) is 0. The number of carbonyl (C=O) groups excluding carboxylic acids is 1. The number of Topliss-reactive ketones (excluding diaryl/α,β-unsaturated/α-hetero) is 1. The first-order chi connectivity index (χ1) is 9.77. The second-order valence-corrected chi connectivity index (χ2v) is 4.02. The fourth-order valence-corrected chi connectivity index (χ4v) is 1.89. The molecule has 0 spiro atoms. The van der Waals surface area contributed by atoms with Crippen LogP contribution in [0.4, 0.5) is 0 Å². The van der Waals surface area contributed by atoms with Gasteiger partial charge in [-0.2, -0.15) is 0 Å². The molecule has 1 unspecified atom stereocenters. The number of ketones is 1. The van der Waals surface area contributed by atoms with Gasteiger partial charge in [-0.1, -0.05) is 30.3 Å². The van der Waals surface area contributed by atoms with Crippen LogP contribution in [0.2, 0.25) is 0 Å². The zero-order valence-electron chi connectivity index (χ0n) is 11.4. The van der Waals surface area contributed by atoms with E-state index in [-0.39, 0.29) is 17.4 Å². The molecule has 0 aliphatic carbocycles. The predicted molar refractivity (Wildman–Crippen MR) is 73.7 cm³/mol. The zero-order valence-corrected chi connectivity index (χ0v) is 11.4. The van der Waals surface area contributed by atoms with Crippen LogP contribution >= 0.6 is 0 Å². The maximum Gasteiger partial charge on any atom is 0.243 e. The fourth-order valence-electron chi connectivity index (χ4n) is 1.89. The summed E-state index contributed by atoms with van der Waals surface area (Å²) in [6, 6.07) is 9.31. The summed E-state index contributed by atoms with van der Waals surface area (Å²) < 4.78 is 10.7. The number of methoxy groups -OCH3 is 1. The van der Waals surface area contributed by atoms with Crippen LogP contribution in [0.3, 0.4) is 0 Å². The third kappa shape index (κ3) is 3.00. The van der Waals surface area contributed by atoms with Gasteiger partial charge in [0.1, 0.15) is 6.10 Å². The lowest BCUT2D eigenvalue weighted by molar-refractivity contribution is 0.0444. The normalized spacial score (nSPS) is 11.9. The third-order valence-electron chi connectivity index (χ3n) is 2.77. The molecule has 1 atom stereocenters. The van der Waals surface area contributed by atoms with Gasteiger partial charge in [-0.15, -0.1) is 0 Å². The molecule has 1 aromatic heterocycles. The number of benzene rings is 1. The van der Waals surface area contributed by atoms with E-state index in [2.05, 4.69) is 9.97 Å². The van der Waals surface area contributed by atoms with E-state index in [1.54, 1.807) is 0 Å². The standard InChI is InChI=1S/C15H16N2O3/c1-3-20-14(11-7-5-4-6-8-11)13(18)12-15(19-2)17-10-9-16-12/h4-10,14H,3H2,1-2H3. The third-order valence-corrected chi connectivity index (χ3v) is 2.77. The Bertz CT molecular complexity index is 572. The van der Waals surface area contributed by atoms with E-state index in [4.69, 9.17) is 9.47 Å². The molecule has 0 fully saturated rings. The van der Waals surface area contributed by atoms with Crippen molar-refractivity contribution in [1.29, 1.82) is 0 Å². The highest BCUT2D eigenvalue weighted by molar-refractivity contribution is 6.00. The lowest BCUT2D eigenvalue weighted by Crippen LogP contribution is -2.19. The van der Waals surface area contributed by atoms with Crippen LogP contribution in [0.5, 0.6) is 5.88 Å². The molecule has 1 heterocycles. The van der Waals surface area contributed by atoms with Crippen LogP contribution in [0.1, 0.15) is 29.1 Å². The van der Waals surface area contributed by atoms with Crippen molar-refractivity contribution in [3.63, 3.8) is 0 Å². The maximum absolute atomic E-state index is 12.6. The minimum absolute atomic E-state index is 0.178. The molecule has 0 saturated heterocycles. The Hall–Kier alpha value is -2.27. The van der Waals surface area contributed by atoms with Crippen molar-refractivity contribution in [2.24, 2.45) is 0 Å². The molecule has 2 rings (SSSR count). The van der Waals surface area contributed by atoms with Gasteiger partial charge in [0.15, 0.2) is 5.69 Å². The molecule has 0 radical (unpaired) electrons. The Morgan fingerprint density at radius 2 is 1.90 bits per heavy atom. The topological polar surface area (TPSA) is 61.3 Å². The maximum atomic E-state index is 12.6. The molecule has 0 bridgehead atoms. The summed E-state index contributed by atoms with van der Waals surface area (Å²) in [5.41, 5.74) is 0.962. The Labute approximate surface area is 117 Å². The molecule has 5 nitrogen and oxygen atoms in total. The van der Waals surface area contributed by atoms with Gasteiger partial charge >= 0.3 is 0 Å². The molecular weight excluding hydrogens is 256 g/mol. The summed E-state index contributed by atoms with van der Waals surface area (Å²) >= 11 is 0. The van der Waals surface area contributed by atoms with Gasteiger partial charge in [0.25, 0.3) is 0 Å². The largest absolute Gasteiger partial charge is 0.479 e. The molecule has 0 saturated carbocycles. The van der Waals surface area contributed by atoms with Gasteiger partial charge in [-0.25, -0.2) is 9.97 Å². The van der Waals surface area contributed by atoms with Gasteiger partial charge in [-0.05, 0) is 12.5 Å². The average molecular weight is 272 g/mol. The molecular formula is C15H16N2O3. The lowest BCUT2D eigenvalue weighted by atomic mass is 10.0. The van der Waals surface area contributed by atoms with E-state index in [1.165, 1.54) is 19.5 Å². The van der Waals surface area contributed by atoms with E-state index in [1.807, 2.05) is 37.3 Å². The zero-order chi connectivity index (χ0) is 14.4. The smallest absolute Gasteiger partial charge is 0.243 e. The minimum atomic E-state index is -0.702. The number of nitrogens with zero attached hydrogens (tertiary/aromatic N) is 2. The Kier molecular flexibility index (Phi) is 4.79. The van der Waals surface area contributed by atoms with Crippen molar-refractivity contribution in [2.45, 2.75) is 13.0 Å². The van der Waals surface area contributed by atoms with E-state index < -0.39 is 6.10 Å². The Balaban J connectivity index is 2.37. The van der Waals surface area contributed by atoms with Gasteiger partial charge in [0.05, 0.1) is 7.11 Å². The number of hydrogen-bond acceptors (Lipinski definition) is 5. The average Bonchev–Trinajstić information content (AvgIpc) is 2.52. The van der Waals surface area contributed by atoms with Crippen molar-refractivity contribution in [3.8, 4) is 5.88 Å². The number of carbonyl (C=O) groups is 1. The van der Waals surface area contributed by atoms with Crippen LogP contribution in [-0.4, -0.2) is 29.5 Å². The molecule has 5 heteroatoms. The highest BCUT2D eigenvalue weighted by Gasteiger charge is 2.26. The number of rotatable bonds is 6. The molecule has 0 amide bonds. The summed E-state index contributed by atoms with van der Waals surface area (Å²) in [5.74, 6) is -0.0545. The van der Waals surface area contributed by atoms with Crippen LogP contribution in [0.25, 0.3) is 0 Å². The van der Waals surface area contributed by atoms with Crippen molar-refractivity contribution in [3.05, 3.63) is 54.0 Å². The number of aromatic nitrogens is 2. The second kappa shape index (κ2) is 6.77. The van der Waals surface area contributed by atoms with Crippen LogP contribution in [-0.2, 0) is 4.74 Å². The molecule has 0 N–H and O–H groups in total. The fraction of sp³-hybridized carbons (Fsp3) is 0.267. The minimum Gasteiger partial charge on any atom is -0.479 e. The quantitative estimate of drug-likeness (QED) is 0.756. The van der Waals surface area contributed by atoms with Crippen LogP contribution in [0.15, 0.2) is 42.7 Å². The molecule has 104 valence electrons. The highest BCUT2D eigenvalue weighted by atomic mass is 16.5. The summed E-state index contributed by atoms with van der Waals surface area (Å²) in [5, 5.41) is 0. The molecule has 0 aliphatic heterocycles. The second-order valence-electron chi connectivity index (χ2n) is 4.02. The van der Waals surface area contributed by atoms with Crippen molar-refractivity contribution < 1.29 is 14.3 Å². The first-order valence-corrected chi connectivity index (χ1v) is 6.33. The van der Waals surface area contributed by atoms with Gasteiger partial charge in [0, 0.05) is 19.0 Å². The van der Waals surface area contributed by atoms with Crippen molar-refractivity contribution in [1.82, 2.24) is 9.97 Å². The summed E-state index contributed by atoms with van der Waals surface area (Å²) in [6.07, 6.45) is 2.24. The van der Waals surface area contributed by atoms with Gasteiger partial charge in [-0.3, -0.25) is 4.79 Å². The van der Waals surface area contributed by atoms with E-state index in [0.717, 1.165) is 5.56 Å². The molecule has 1 aromatic carbocycles. The lowest BCUT2D eigenvalue weighted by Gasteiger charge is -2.16. The van der Waals surface area contributed by atoms with Crippen molar-refractivity contribution in [2.75, 3.05) is 13.7 Å². The molecule has 0 aliphatic rings. The SMILES string of the molecule is CCOC(C(=O)c1nccnc1OC)c1ccccc1. The highest BCUT2D eigenvalue weighted by Crippen LogP contribution is 2.24. The van der Waals surface area contributed by atoms with Crippen molar-refractivity contribution >= 4 is 5.78 Å². The Morgan fingerprint density at radius 1 is 1.20 bits per heavy atom. The predicted octanol–water partition coefficient (Wildman–Crippen LogP) is 2.45. The monoisotopic (exact) mass is 272 g/mol. The van der Waals surface area contributed by atoms with Gasteiger partial charge < -0.3 is 9.47 Å². The van der Waals surface area contributed by atoms with Crippen LogP contribution < -0.4 is 4.74 Å². The first kappa shape index (κ1) is 14.1. The van der Waals surface area contributed by atoms with E-state index in [9.17, 15) is 4.79 Å². The molecule has 2 aromatic rings. The summed E-state index contributed by atoms with van der Waals surface area (Å²) in [4.78, 5) is 20.7. The van der Waals surface area contributed by atoms with E-state index in [0.29, 0.717) is 6.61 Å². The van der Waals surface area contributed by atoms with Gasteiger partial charge in [0.2, 0.25) is 11.7 Å². The number of ether oxygens (including phenoxy) is 2. The molecule has 20 heavy (non-hydrogen) atoms. The Morgan fingerprint density at radius 3 is 2.55 bits per heavy atom. The van der Waals surface area contributed by atoms with Crippen LogP contribution in [0, 0.1) is 0 Å². The first-order valence-electron chi connectivity index (χ1n) is 6.33. The summed E-state index contributed by atoms with van der Waals surface area (Å²) in [6.45, 7) is 2.27. The summed E-state index contributed by atoms with van der Waals surface area (Å²) in [7, 11) is 1.46.